The van der Waals surface area contributed by atoms with E-state index in [1.165, 1.54) is 36.4 Å². The first-order valence-corrected chi connectivity index (χ1v) is 10.8. The fourth-order valence-electron chi connectivity index (χ4n) is 3.62. The average molecular weight is 556 g/mol. The number of carboxylic acids is 2. The van der Waals surface area contributed by atoms with Crippen molar-refractivity contribution < 1.29 is 107 Å². The van der Waals surface area contributed by atoms with Gasteiger partial charge in [-0.1, -0.05) is 12.1 Å². The second-order valence-electron chi connectivity index (χ2n) is 7.95. The molecule has 0 aliphatic carbocycles. The maximum Gasteiger partial charge on any atom is 1.00 e. The Bertz CT molecular complexity index is 1490. The van der Waals surface area contributed by atoms with Crippen LogP contribution in [0.1, 0.15) is 27.5 Å². The second kappa shape index (κ2) is 14.1. The molecule has 2 atom stereocenters. The molecule has 0 radical (unpaired) electrons. The fourth-order valence-corrected chi connectivity index (χ4v) is 3.62. The first-order chi connectivity index (χ1) is 17.6. The summed E-state index contributed by atoms with van der Waals surface area (Å²) in [6, 6.07) is 10.1. The number of hydrogen-bond donors (Lipinski definition) is 2. The molecule has 0 saturated heterocycles. The van der Waals surface area contributed by atoms with E-state index >= 15 is 0 Å². The van der Waals surface area contributed by atoms with Crippen LogP contribution in [0.15, 0.2) is 67.0 Å². The average Bonchev–Trinajstić information content (AvgIpc) is 2.85. The van der Waals surface area contributed by atoms with Crippen LogP contribution in [0.4, 0.5) is 0 Å². The minimum absolute atomic E-state index is 0. The molecule has 0 bridgehead atoms. The molecule has 0 amide bonds. The van der Waals surface area contributed by atoms with Gasteiger partial charge in [0.1, 0.15) is 58.6 Å². The number of aromatic carboxylic acids is 2. The Hall–Kier alpha value is -2.68. The first kappa shape index (κ1) is 32.5. The molecular formula is C25H18Na2O12. The maximum atomic E-state index is 12.3. The Morgan fingerprint density at radius 1 is 0.744 bits per heavy atom. The number of carbonyl (C=O) groups is 2. The zero-order chi connectivity index (χ0) is 26.7. The number of fused-ring (bicyclic) bond motifs is 2. The summed E-state index contributed by atoms with van der Waals surface area (Å²) in [5, 5.41) is 42.5. The van der Waals surface area contributed by atoms with E-state index in [4.69, 9.17) is 18.3 Å². The zero-order valence-electron chi connectivity index (χ0n) is 20.9. The van der Waals surface area contributed by atoms with E-state index in [0.29, 0.717) is 0 Å². The largest absolute Gasteiger partial charge is 1.00 e. The summed E-state index contributed by atoms with van der Waals surface area (Å²) < 4.78 is 21.2. The molecule has 39 heavy (non-hydrogen) atoms. The summed E-state index contributed by atoms with van der Waals surface area (Å²) in [4.78, 5) is 46.6. The van der Waals surface area contributed by atoms with Gasteiger partial charge in [0.2, 0.25) is 0 Å². The monoisotopic (exact) mass is 556 g/mol. The Labute approximate surface area is 263 Å². The molecule has 4 rings (SSSR count). The van der Waals surface area contributed by atoms with Gasteiger partial charge in [-0.2, -0.15) is 0 Å². The number of benzene rings is 2. The topological polar surface area (TPSA) is 200 Å². The van der Waals surface area contributed by atoms with Crippen molar-refractivity contribution in [3.63, 3.8) is 0 Å². The molecule has 0 fully saturated rings. The van der Waals surface area contributed by atoms with Crippen LogP contribution in [0.2, 0.25) is 0 Å². The van der Waals surface area contributed by atoms with Crippen LogP contribution >= 0.6 is 0 Å². The molecule has 2 N–H and O–H groups in total. The van der Waals surface area contributed by atoms with E-state index in [0.717, 1.165) is 12.1 Å². The second-order valence-corrected chi connectivity index (χ2v) is 7.95. The molecule has 12 nitrogen and oxygen atoms in total. The first-order valence-electron chi connectivity index (χ1n) is 10.8. The van der Waals surface area contributed by atoms with E-state index in [1.54, 1.807) is 0 Å². The molecule has 2 unspecified atom stereocenters. The summed E-state index contributed by atoms with van der Waals surface area (Å²) in [6.07, 6.45) is -2.61. The van der Waals surface area contributed by atoms with Gasteiger partial charge in [-0.3, -0.25) is 9.59 Å². The van der Waals surface area contributed by atoms with Gasteiger partial charge in [-0.15, -0.1) is 0 Å². The van der Waals surface area contributed by atoms with Crippen molar-refractivity contribution in [2.24, 2.45) is 0 Å². The Morgan fingerprint density at radius 2 is 1.13 bits per heavy atom. The van der Waals surface area contributed by atoms with Gasteiger partial charge < -0.3 is 48.3 Å². The minimum Gasteiger partial charge on any atom is -0.542 e. The number of hydrogen-bond acceptors (Lipinski definition) is 12. The normalized spacial score (nSPS) is 12.2. The van der Waals surface area contributed by atoms with E-state index in [-0.39, 0.29) is 112 Å². The standard InChI is InChI=1S/C25H20O12.2Na/c26-12(10-34-16-3-1-5-18-22(16)14(28)8-20(36-18)24(30)31)7-13(27)11-35-17-4-2-6-19-23(17)15(29)9-21(37-19)25(32)33;;/h1-6,8-9,12-13,26-27H,7,10-11H2,(H,30,31)(H,32,33);;/q;2*+1/p-2. The van der Waals surface area contributed by atoms with Crippen LogP contribution in [-0.2, 0) is 0 Å². The molecule has 0 saturated carbocycles. The van der Waals surface area contributed by atoms with E-state index < -0.39 is 46.5 Å². The van der Waals surface area contributed by atoms with Crippen molar-refractivity contribution in [2.45, 2.75) is 18.6 Å². The third-order valence-corrected chi connectivity index (χ3v) is 5.24. The van der Waals surface area contributed by atoms with Crippen LogP contribution in [0.3, 0.4) is 0 Å². The number of ether oxygens (including phenoxy) is 2. The summed E-state index contributed by atoms with van der Waals surface area (Å²) in [6.45, 7) is -0.663. The number of carboxylic acid groups (broad SMARTS) is 2. The van der Waals surface area contributed by atoms with Crippen molar-refractivity contribution >= 4 is 33.9 Å². The SMILES string of the molecule is O=C([O-])c1cc(=O)c2c(OCC(O)CC(O)COc3cccc4oc(C(=O)[O-])cc(=O)c34)cccc2o1.[Na+].[Na+]. The van der Waals surface area contributed by atoms with E-state index in [1.807, 2.05) is 0 Å². The number of aliphatic hydroxyl groups is 2. The van der Waals surface area contributed by atoms with Crippen molar-refractivity contribution in [2.75, 3.05) is 13.2 Å². The number of carbonyl (C=O) groups excluding carboxylic acids is 2. The quantitative estimate of drug-likeness (QED) is 0.175. The predicted octanol–water partition coefficient (Wildman–Crippen LogP) is -6.80. The molecule has 14 heteroatoms. The molecule has 0 aliphatic heterocycles. The van der Waals surface area contributed by atoms with Gasteiger partial charge in [-0.05, 0) is 24.3 Å². The van der Waals surface area contributed by atoms with Gasteiger partial charge in [-0.25, -0.2) is 0 Å². The Morgan fingerprint density at radius 3 is 1.49 bits per heavy atom. The molecular weight excluding hydrogens is 538 g/mol. The van der Waals surface area contributed by atoms with Gasteiger partial charge in [0.05, 0.1) is 12.2 Å². The van der Waals surface area contributed by atoms with E-state index in [9.17, 15) is 39.6 Å². The van der Waals surface area contributed by atoms with Crippen molar-refractivity contribution in [1.29, 1.82) is 0 Å². The van der Waals surface area contributed by atoms with Crippen LogP contribution in [-0.4, -0.2) is 47.6 Å². The fraction of sp³-hybridized carbons (Fsp3) is 0.200. The molecule has 0 spiro atoms. The number of aliphatic hydroxyl groups excluding tert-OH is 2. The molecule has 0 aliphatic rings. The number of rotatable bonds is 10. The molecule has 2 aromatic heterocycles. The van der Waals surface area contributed by atoms with Gasteiger partial charge in [0, 0.05) is 18.6 Å². The minimum atomic E-state index is -1.65. The molecule has 4 aromatic rings. The smallest absolute Gasteiger partial charge is 0.542 e. The van der Waals surface area contributed by atoms with Crippen molar-refractivity contribution in [3.05, 3.63) is 80.5 Å². The van der Waals surface area contributed by atoms with Crippen LogP contribution in [0, 0.1) is 0 Å². The third kappa shape index (κ3) is 7.71. The van der Waals surface area contributed by atoms with Crippen LogP contribution in [0.25, 0.3) is 21.9 Å². The molecule has 2 aromatic carbocycles. The molecule has 192 valence electrons. The zero-order valence-corrected chi connectivity index (χ0v) is 24.9. The van der Waals surface area contributed by atoms with Crippen LogP contribution in [0.5, 0.6) is 11.5 Å². The summed E-state index contributed by atoms with van der Waals surface area (Å²) in [5.74, 6) is -4.49. The van der Waals surface area contributed by atoms with Crippen molar-refractivity contribution in [1.82, 2.24) is 0 Å². The van der Waals surface area contributed by atoms with Gasteiger partial charge >= 0.3 is 59.1 Å². The Balaban J connectivity index is 0.00000267. The van der Waals surface area contributed by atoms with Crippen LogP contribution < -0.4 is 89.7 Å². The maximum absolute atomic E-state index is 12.3. The summed E-state index contributed by atoms with van der Waals surface area (Å²) >= 11 is 0. The van der Waals surface area contributed by atoms with Gasteiger partial charge in [0.25, 0.3) is 0 Å². The Kier molecular flexibility index (Phi) is 11.8. The van der Waals surface area contributed by atoms with E-state index in [2.05, 4.69) is 0 Å². The summed E-state index contributed by atoms with van der Waals surface area (Å²) in [5.41, 5.74) is -1.44. The molecule has 2 heterocycles. The van der Waals surface area contributed by atoms with Crippen molar-refractivity contribution in [3.8, 4) is 11.5 Å². The predicted molar refractivity (Wildman–Crippen MR) is 121 cm³/mol. The third-order valence-electron chi connectivity index (χ3n) is 5.24. The van der Waals surface area contributed by atoms with Gasteiger partial charge in [0.15, 0.2) is 22.4 Å². The summed E-state index contributed by atoms with van der Waals surface area (Å²) in [7, 11) is 0.